The van der Waals surface area contributed by atoms with Crippen LogP contribution in [0.5, 0.6) is 0 Å². The Labute approximate surface area is 118 Å². The molecule has 1 aliphatic heterocycles. The van der Waals surface area contributed by atoms with Gasteiger partial charge in [-0.15, -0.1) is 0 Å². The third-order valence-corrected chi connectivity index (χ3v) is 3.48. The van der Waals surface area contributed by atoms with Crippen LogP contribution in [0.3, 0.4) is 0 Å². The van der Waals surface area contributed by atoms with Gasteiger partial charge in [-0.25, -0.2) is 4.39 Å². The van der Waals surface area contributed by atoms with Crippen molar-refractivity contribution < 1.29 is 14.3 Å². The maximum Gasteiger partial charge on any atom is 0.255 e. The number of hydrogen-bond acceptors (Lipinski definition) is 2. The van der Waals surface area contributed by atoms with E-state index in [2.05, 4.69) is 25.7 Å². The molecule has 1 fully saturated rings. The molecule has 3 nitrogen and oxygen atoms in total. The van der Waals surface area contributed by atoms with Gasteiger partial charge in [0.2, 0.25) is 0 Å². The molecule has 1 aromatic carbocycles. The van der Waals surface area contributed by atoms with E-state index in [1.165, 1.54) is 18.2 Å². The molecule has 2 rings (SSSR count). The first-order valence-corrected chi connectivity index (χ1v) is 6.61. The standard InChI is InChI=1S/C16H18FNO2/c1-16(2)7-8-18(11-16)15(20)14-10-13(17)6-5-12(14)4-3-9-19/h5-6,10,19H,7-9,11H2,1-2H3. The molecule has 0 aliphatic carbocycles. The molecule has 0 radical (unpaired) electrons. The molecule has 1 amide bonds. The van der Waals surface area contributed by atoms with E-state index in [0.717, 1.165) is 6.42 Å². The quantitative estimate of drug-likeness (QED) is 0.797. The van der Waals surface area contributed by atoms with Crippen molar-refractivity contribution >= 4 is 5.91 Å². The number of nitrogens with zero attached hydrogens (tertiary/aromatic N) is 1. The summed E-state index contributed by atoms with van der Waals surface area (Å²) < 4.78 is 13.4. The Balaban J connectivity index is 2.31. The molecule has 1 saturated heterocycles. The first kappa shape index (κ1) is 14.5. The zero-order valence-electron chi connectivity index (χ0n) is 11.7. The predicted molar refractivity (Wildman–Crippen MR) is 74.7 cm³/mol. The van der Waals surface area contributed by atoms with Crippen LogP contribution in [-0.2, 0) is 0 Å². The molecule has 1 N–H and O–H groups in total. The number of likely N-dealkylation sites (tertiary alicyclic amines) is 1. The highest BCUT2D eigenvalue weighted by molar-refractivity contribution is 5.97. The third-order valence-electron chi connectivity index (χ3n) is 3.48. The number of amides is 1. The summed E-state index contributed by atoms with van der Waals surface area (Å²) in [5.74, 6) is 4.55. The van der Waals surface area contributed by atoms with Gasteiger partial charge in [-0.05, 0) is 30.0 Å². The molecule has 0 aromatic heterocycles. The monoisotopic (exact) mass is 275 g/mol. The van der Waals surface area contributed by atoms with Crippen LogP contribution in [0.15, 0.2) is 18.2 Å². The fourth-order valence-electron chi connectivity index (χ4n) is 2.39. The first-order valence-electron chi connectivity index (χ1n) is 6.61. The highest BCUT2D eigenvalue weighted by Crippen LogP contribution is 2.30. The molecular formula is C16H18FNO2. The Morgan fingerprint density at radius 3 is 2.85 bits per heavy atom. The van der Waals surface area contributed by atoms with E-state index in [1.54, 1.807) is 4.90 Å². The second-order valence-electron chi connectivity index (χ2n) is 5.79. The number of benzene rings is 1. The van der Waals surface area contributed by atoms with Crippen molar-refractivity contribution in [3.8, 4) is 11.8 Å². The molecule has 1 heterocycles. The highest BCUT2D eigenvalue weighted by Gasteiger charge is 2.33. The second kappa shape index (κ2) is 5.64. The van der Waals surface area contributed by atoms with Gasteiger partial charge >= 0.3 is 0 Å². The maximum atomic E-state index is 13.4. The molecule has 1 aromatic rings. The molecule has 0 bridgehead atoms. The zero-order chi connectivity index (χ0) is 14.8. The average Bonchev–Trinajstić information content (AvgIpc) is 2.77. The van der Waals surface area contributed by atoms with Crippen molar-refractivity contribution in [1.29, 1.82) is 0 Å². The van der Waals surface area contributed by atoms with Gasteiger partial charge in [-0.3, -0.25) is 4.79 Å². The number of hydrogen-bond donors (Lipinski definition) is 1. The second-order valence-corrected chi connectivity index (χ2v) is 5.79. The van der Waals surface area contributed by atoms with Crippen molar-refractivity contribution in [3.05, 3.63) is 35.1 Å². The number of carbonyl (C=O) groups is 1. The van der Waals surface area contributed by atoms with Gasteiger partial charge in [0.05, 0.1) is 5.56 Å². The van der Waals surface area contributed by atoms with Gasteiger partial charge in [0, 0.05) is 18.7 Å². The van der Waals surface area contributed by atoms with Crippen LogP contribution in [0.4, 0.5) is 4.39 Å². The highest BCUT2D eigenvalue weighted by atomic mass is 19.1. The van der Waals surface area contributed by atoms with Gasteiger partial charge < -0.3 is 10.0 Å². The van der Waals surface area contributed by atoms with E-state index in [0.29, 0.717) is 18.7 Å². The van der Waals surface area contributed by atoms with Crippen molar-refractivity contribution in [2.75, 3.05) is 19.7 Å². The third kappa shape index (κ3) is 3.17. The van der Waals surface area contributed by atoms with Gasteiger partial charge in [-0.1, -0.05) is 25.7 Å². The minimum Gasteiger partial charge on any atom is -0.384 e. The summed E-state index contributed by atoms with van der Waals surface area (Å²) in [4.78, 5) is 14.2. The van der Waals surface area contributed by atoms with Crippen LogP contribution >= 0.6 is 0 Å². The predicted octanol–water partition coefficient (Wildman–Crippen LogP) is 2.04. The van der Waals surface area contributed by atoms with Crippen LogP contribution in [-0.4, -0.2) is 35.6 Å². The van der Waals surface area contributed by atoms with Crippen LogP contribution < -0.4 is 0 Å². The fourth-order valence-corrected chi connectivity index (χ4v) is 2.39. The number of aliphatic hydroxyl groups is 1. The topological polar surface area (TPSA) is 40.5 Å². The molecule has 0 saturated carbocycles. The lowest BCUT2D eigenvalue weighted by molar-refractivity contribution is 0.0777. The fraction of sp³-hybridized carbons (Fsp3) is 0.438. The molecule has 4 heteroatoms. The van der Waals surface area contributed by atoms with E-state index in [1.807, 2.05) is 0 Å². The van der Waals surface area contributed by atoms with E-state index in [4.69, 9.17) is 5.11 Å². The minimum absolute atomic E-state index is 0.0971. The average molecular weight is 275 g/mol. The van der Waals surface area contributed by atoms with Crippen molar-refractivity contribution in [2.45, 2.75) is 20.3 Å². The summed E-state index contributed by atoms with van der Waals surface area (Å²) in [7, 11) is 0. The Kier molecular flexibility index (Phi) is 4.10. The summed E-state index contributed by atoms with van der Waals surface area (Å²) in [6.07, 6.45) is 0.936. The Morgan fingerprint density at radius 2 is 2.25 bits per heavy atom. The van der Waals surface area contributed by atoms with Crippen LogP contribution in [0, 0.1) is 23.1 Å². The molecule has 1 aliphatic rings. The molecule has 0 unspecified atom stereocenters. The Morgan fingerprint density at radius 1 is 1.50 bits per heavy atom. The summed E-state index contributed by atoms with van der Waals surface area (Å²) in [6, 6.07) is 3.97. The van der Waals surface area contributed by atoms with Crippen molar-refractivity contribution in [3.63, 3.8) is 0 Å². The largest absolute Gasteiger partial charge is 0.384 e. The van der Waals surface area contributed by atoms with Crippen LogP contribution in [0.1, 0.15) is 36.2 Å². The van der Waals surface area contributed by atoms with Crippen LogP contribution in [0.25, 0.3) is 0 Å². The lowest BCUT2D eigenvalue weighted by Gasteiger charge is -2.20. The van der Waals surface area contributed by atoms with E-state index < -0.39 is 5.82 Å². The molecule has 0 spiro atoms. The molecule has 106 valence electrons. The summed E-state index contributed by atoms with van der Waals surface area (Å²) >= 11 is 0. The summed E-state index contributed by atoms with van der Waals surface area (Å²) in [5.41, 5.74) is 0.818. The van der Waals surface area contributed by atoms with Crippen molar-refractivity contribution in [2.24, 2.45) is 5.41 Å². The maximum absolute atomic E-state index is 13.4. The van der Waals surface area contributed by atoms with E-state index >= 15 is 0 Å². The Bertz CT molecular complexity index is 584. The molecule has 20 heavy (non-hydrogen) atoms. The lowest BCUT2D eigenvalue weighted by Crippen LogP contribution is -2.30. The number of rotatable bonds is 1. The van der Waals surface area contributed by atoms with Crippen LogP contribution in [0.2, 0.25) is 0 Å². The Hall–Kier alpha value is -1.86. The summed E-state index contributed by atoms with van der Waals surface area (Å²) in [5, 5.41) is 8.75. The van der Waals surface area contributed by atoms with Gasteiger partial charge in [0.1, 0.15) is 12.4 Å². The van der Waals surface area contributed by atoms with Gasteiger partial charge in [0.15, 0.2) is 0 Å². The molecular weight excluding hydrogens is 257 g/mol. The normalized spacial score (nSPS) is 16.7. The summed E-state index contributed by atoms with van der Waals surface area (Å²) in [6.45, 7) is 5.27. The number of aliphatic hydroxyl groups excluding tert-OH is 1. The lowest BCUT2D eigenvalue weighted by atomic mass is 9.93. The van der Waals surface area contributed by atoms with Gasteiger partial charge in [-0.2, -0.15) is 0 Å². The smallest absolute Gasteiger partial charge is 0.255 e. The van der Waals surface area contributed by atoms with E-state index in [9.17, 15) is 9.18 Å². The SMILES string of the molecule is CC1(C)CCN(C(=O)c2cc(F)ccc2C#CCO)C1. The zero-order valence-corrected chi connectivity index (χ0v) is 11.7. The first-order chi connectivity index (χ1) is 9.43. The number of carbonyl (C=O) groups excluding carboxylic acids is 1. The van der Waals surface area contributed by atoms with Gasteiger partial charge in [0.25, 0.3) is 5.91 Å². The number of halogens is 1. The van der Waals surface area contributed by atoms with E-state index in [-0.39, 0.29) is 23.5 Å². The molecule has 0 atom stereocenters. The van der Waals surface area contributed by atoms with Crippen molar-refractivity contribution in [1.82, 2.24) is 4.90 Å². The minimum atomic E-state index is -0.457.